The quantitative estimate of drug-likeness (QED) is 0.792. The Labute approximate surface area is 105 Å². The van der Waals surface area contributed by atoms with Gasteiger partial charge < -0.3 is 10.6 Å². The van der Waals surface area contributed by atoms with Crippen molar-refractivity contribution in [2.45, 2.75) is 12.6 Å². The van der Waals surface area contributed by atoms with Crippen molar-refractivity contribution >= 4 is 0 Å². The predicted molar refractivity (Wildman–Crippen MR) is 67.0 cm³/mol. The first kappa shape index (κ1) is 11.3. The van der Waals surface area contributed by atoms with Crippen molar-refractivity contribution in [2.24, 2.45) is 0 Å². The second-order valence-electron chi connectivity index (χ2n) is 4.39. The molecule has 18 heavy (non-hydrogen) atoms. The second-order valence-corrected chi connectivity index (χ2v) is 4.39. The minimum absolute atomic E-state index is 0.192. The lowest BCUT2D eigenvalue weighted by atomic mass is 10.2. The van der Waals surface area contributed by atoms with Gasteiger partial charge in [-0.15, -0.1) is 5.10 Å². The van der Waals surface area contributed by atoms with Gasteiger partial charge in [-0.25, -0.2) is 4.68 Å². The van der Waals surface area contributed by atoms with Gasteiger partial charge in [-0.3, -0.25) is 0 Å². The van der Waals surface area contributed by atoms with Crippen molar-refractivity contribution < 1.29 is 0 Å². The summed E-state index contributed by atoms with van der Waals surface area (Å²) in [5, 5.41) is 18.8. The molecule has 1 aromatic carbocycles. The molecule has 1 atom stereocenters. The molecule has 1 aliphatic rings. The number of rotatable bonds is 3. The molecule has 94 valence electrons. The molecular formula is C12H16N6. The lowest BCUT2D eigenvalue weighted by Gasteiger charge is -2.23. The fourth-order valence-electron chi connectivity index (χ4n) is 2.17. The summed E-state index contributed by atoms with van der Waals surface area (Å²) in [6, 6.07) is 10.4. The maximum Gasteiger partial charge on any atom is 0.169 e. The fourth-order valence-corrected chi connectivity index (χ4v) is 2.17. The van der Waals surface area contributed by atoms with Gasteiger partial charge in [-0.2, -0.15) is 0 Å². The van der Waals surface area contributed by atoms with Gasteiger partial charge >= 0.3 is 0 Å². The molecule has 0 aliphatic carbocycles. The van der Waals surface area contributed by atoms with Crippen LogP contribution in [-0.2, 0) is 6.54 Å². The monoisotopic (exact) mass is 244 g/mol. The second kappa shape index (κ2) is 5.24. The van der Waals surface area contributed by atoms with Crippen LogP contribution >= 0.6 is 0 Å². The van der Waals surface area contributed by atoms with Crippen LogP contribution < -0.4 is 10.6 Å². The molecule has 2 N–H and O–H groups in total. The summed E-state index contributed by atoms with van der Waals surface area (Å²) in [4.78, 5) is 0. The molecule has 1 unspecified atom stereocenters. The van der Waals surface area contributed by atoms with Crippen molar-refractivity contribution in [3.8, 4) is 0 Å². The Morgan fingerprint density at radius 1 is 1.22 bits per heavy atom. The van der Waals surface area contributed by atoms with Crippen molar-refractivity contribution in [1.82, 2.24) is 30.8 Å². The van der Waals surface area contributed by atoms with E-state index in [2.05, 4.69) is 38.3 Å². The van der Waals surface area contributed by atoms with Crippen LogP contribution in [0.25, 0.3) is 0 Å². The number of nitrogens with one attached hydrogen (secondary N) is 2. The number of aromatic nitrogens is 4. The first-order valence-corrected chi connectivity index (χ1v) is 6.17. The first-order chi connectivity index (χ1) is 8.93. The van der Waals surface area contributed by atoms with Gasteiger partial charge in [0.05, 0.1) is 12.6 Å². The van der Waals surface area contributed by atoms with E-state index in [-0.39, 0.29) is 6.04 Å². The molecule has 1 aliphatic heterocycles. The van der Waals surface area contributed by atoms with Crippen LogP contribution in [0.3, 0.4) is 0 Å². The topological polar surface area (TPSA) is 67.7 Å². The Bertz CT molecular complexity index is 488. The molecule has 2 heterocycles. The van der Waals surface area contributed by atoms with Crippen molar-refractivity contribution in [3.05, 3.63) is 41.7 Å². The lowest BCUT2D eigenvalue weighted by molar-refractivity contribution is 0.399. The van der Waals surface area contributed by atoms with E-state index in [9.17, 15) is 0 Å². The minimum atomic E-state index is 0.192. The molecule has 2 aromatic rings. The highest BCUT2D eigenvalue weighted by molar-refractivity contribution is 5.15. The van der Waals surface area contributed by atoms with E-state index in [0.29, 0.717) is 6.54 Å². The highest BCUT2D eigenvalue weighted by Gasteiger charge is 2.20. The molecule has 1 saturated heterocycles. The lowest BCUT2D eigenvalue weighted by Crippen LogP contribution is -2.43. The normalized spacial score (nSPS) is 19.9. The molecular weight excluding hydrogens is 228 g/mol. The fraction of sp³-hybridized carbons (Fsp3) is 0.417. The van der Waals surface area contributed by atoms with Gasteiger partial charge in [-0.1, -0.05) is 30.3 Å². The van der Waals surface area contributed by atoms with Crippen LogP contribution in [0.1, 0.15) is 17.4 Å². The summed E-state index contributed by atoms with van der Waals surface area (Å²) < 4.78 is 1.86. The van der Waals surface area contributed by atoms with Gasteiger partial charge in [0.2, 0.25) is 0 Å². The Hall–Kier alpha value is -1.79. The summed E-state index contributed by atoms with van der Waals surface area (Å²) in [6.07, 6.45) is 0. The number of hydrogen-bond donors (Lipinski definition) is 2. The largest absolute Gasteiger partial charge is 0.313 e. The maximum absolute atomic E-state index is 4.14. The smallest absolute Gasteiger partial charge is 0.169 e. The van der Waals surface area contributed by atoms with Crippen LogP contribution in [0, 0.1) is 0 Å². The molecule has 3 rings (SSSR count). The SMILES string of the molecule is c1ccc(Cn2nnnc2C2CNCCN2)cc1. The van der Waals surface area contributed by atoms with E-state index in [1.807, 2.05) is 22.9 Å². The number of piperazine rings is 1. The minimum Gasteiger partial charge on any atom is -0.313 e. The molecule has 0 amide bonds. The Morgan fingerprint density at radius 2 is 2.11 bits per heavy atom. The third-order valence-corrected chi connectivity index (χ3v) is 3.09. The molecule has 0 radical (unpaired) electrons. The standard InChI is InChI=1S/C12H16N6/c1-2-4-10(5-3-1)9-18-12(15-16-17-18)11-8-13-6-7-14-11/h1-5,11,13-14H,6-9H2. The van der Waals surface area contributed by atoms with E-state index < -0.39 is 0 Å². The van der Waals surface area contributed by atoms with Crippen LogP contribution in [0.5, 0.6) is 0 Å². The third kappa shape index (κ3) is 2.39. The zero-order valence-corrected chi connectivity index (χ0v) is 10.1. The highest BCUT2D eigenvalue weighted by Crippen LogP contribution is 2.11. The summed E-state index contributed by atoms with van der Waals surface area (Å²) in [5.74, 6) is 0.894. The first-order valence-electron chi connectivity index (χ1n) is 6.17. The molecule has 0 bridgehead atoms. The van der Waals surface area contributed by atoms with E-state index in [0.717, 1.165) is 25.5 Å². The van der Waals surface area contributed by atoms with Crippen LogP contribution in [0.15, 0.2) is 30.3 Å². The number of benzene rings is 1. The number of tetrazole rings is 1. The van der Waals surface area contributed by atoms with Crippen LogP contribution in [0.4, 0.5) is 0 Å². The van der Waals surface area contributed by atoms with Crippen LogP contribution in [-0.4, -0.2) is 39.8 Å². The maximum atomic E-state index is 4.14. The van der Waals surface area contributed by atoms with E-state index in [4.69, 9.17) is 0 Å². The number of hydrogen-bond acceptors (Lipinski definition) is 5. The summed E-state index contributed by atoms with van der Waals surface area (Å²) in [7, 11) is 0. The Balaban J connectivity index is 1.78. The number of nitrogens with zero attached hydrogens (tertiary/aromatic N) is 4. The molecule has 1 aromatic heterocycles. The van der Waals surface area contributed by atoms with Gasteiger partial charge in [0.25, 0.3) is 0 Å². The van der Waals surface area contributed by atoms with E-state index in [1.165, 1.54) is 5.56 Å². The summed E-state index contributed by atoms with van der Waals surface area (Å²) >= 11 is 0. The van der Waals surface area contributed by atoms with Crippen molar-refractivity contribution in [2.75, 3.05) is 19.6 Å². The zero-order valence-electron chi connectivity index (χ0n) is 10.1. The van der Waals surface area contributed by atoms with Gasteiger partial charge in [0.15, 0.2) is 5.82 Å². The highest BCUT2D eigenvalue weighted by atomic mass is 15.5. The molecule has 6 nitrogen and oxygen atoms in total. The average molecular weight is 244 g/mol. The summed E-state index contributed by atoms with van der Waals surface area (Å²) in [6.45, 7) is 3.52. The van der Waals surface area contributed by atoms with Crippen molar-refractivity contribution in [3.63, 3.8) is 0 Å². The van der Waals surface area contributed by atoms with Crippen LogP contribution in [0.2, 0.25) is 0 Å². The molecule has 0 spiro atoms. The van der Waals surface area contributed by atoms with E-state index >= 15 is 0 Å². The summed E-state index contributed by atoms with van der Waals surface area (Å²) in [5.41, 5.74) is 1.20. The Kier molecular flexibility index (Phi) is 3.29. The predicted octanol–water partition coefficient (Wildman–Crippen LogP) is -0.0447. The zero-order chi connectivity index (χ0) is 12.2. The van der Waals surface area contributed by atoms with Gasteiger partial charge in [0.1, 0.15) is 0 Å². The van der Waals surface area contributed by atoms with Gasteiger partial charge in [0, 0.05) is 19.6 Å². The van der Waals surface area contributed by atoms with E-state index in [1.54, 1.807) is 0 Å². The Morgan fingerprint density at radius 3 is 2.89 bits per heavy atom. The molecule has 1 fully saturated rings. The molecule has 0 saturated carbocycles. The van der Waals surface area contributed by atoms with Gasteiger partial charge in [-0.05, 0) is 16.0 Å². The third-order valence-electron chi connectivity index (χ3n) is 3.09. The van der Waals surface area contributed by atoms with Crippen molar-refractivity contribution in [1.29, 1.82) is 0 Å². The average Bonchev–Trinajstić information content (AvgIpc) is 2.89. The molecule has 6 heteroatoms.